The molecule has 2 unspecified atom stereocenters. The van der Waals surface area contributed by atoms with Crippen LogP contribution >= 0.6 is 0 Å². The summed E-state index contributed by atoms with van der Waals surface area (Å²) in [6.45, 7) is 7.26. The van der Waals surface area contributed by atoms with Gasteiger partial charge in [-0.3, -0.25) is 4.79 Å². The van der Waals surface area contributed by atoms with Crippen LogP contribution in [0.5, 0.6) is 0 Å². The van der Waals surface area contributed by atoms with E-state index in [0.29, 0.717) is 6.42 Å². The molecule has 96 valence electrons. The van der Waals surface area contributed by atoms with Gasteiger partial charge in [0.25, 0.3) is 0 Å². The van der Waals surface area contributed by atoms with Crippen LogP contribution in [0.2, 0.25) is 0 Å². The Bertz CT molecular complexity index is 304. The first-order chi connectivity index (χ1) is 8.01. The first-order valence-corrected chi connectivity index (χ1v) is 6.48. The maximum Gasteiger partial charge on any atom is 0.237 e. The van der Waals surface area contributed by atoms with Gasteiger partial charge in [-0.25, -0.2) is 0 Å². The molecule has 0 radical (unpaired) electrons. The van der Waals surface area contributed by atoms with Crippen LogP contribution in [0, 0.1) is 17.8 Å². The first-order valence-electron chi connectivity index (χ1n) is 6.48. The minimum atomic E-state index is -0.0944. The van der Waals surface area contributed by atoms with E-state index in [1.807, 2.05) is 6.92 Å². The summed E-state index contributed by atoms with van der Waals surface area (Å²) in [4.78, 5) is 12.2. The van der Waals surface area contributed by atoms with Crippen molar-refractivity contribution in [1.29, 1.82) is 0 Å². The topological polar surface area (TPSA) is 41.1 Å². The fourth-order valence-corrected chi connectivity index (χ4v) is 2.38. The van der Waals surface area contributed by atoms with Gasteiger partial charge in [0.1, 0.15) is 0 Å². The van der Waals surface area contributed by atoms with Crippen molar-refractivity contribution in [3.63, 3.8) is 0 Å². The molecule has 1 heterocycles. The number of carbonyl (C=O) groups is 1. The van der Waals surface area contributed by atoms with Crippen molar-refractivity contribution in [3.8, 4) is 12.3 Å². The summed E-state index contributed by atoms with van der Waals surface area (Å²) in [5, 5.41) is 6.37. The zero-order valence-corrected chi connectivity index (χ0v) is 11.2. The summed E-state index contributed by atoms with van der Waals surface area (Å²) in [5.74, 6) is 2.71. The summed E-state index contributed by atoms with van der Waals surface area (Å²) in [5.41, 5.74) is 0.0246. The maximum absolute atomic E-state index is 12.2. The zero-order chi connectivity index (χ0) is 12.9. The molecule has 0 saturated carbocycles. The van der Waals surface area contributed by atoms with Gasteiger partial charge in [0.05, 0.1) is 6.04 Å². The normalized spacial score (nSPS) is 24.7. The SMILES string of the molecule is C#CCC(CC)NC(=O)C1NCCCC1(C)C. The van der Waals surface area contributed by atoms with Crippen LogP contribution in [0.15, 0.2) is 0 Å². The predicted molar refractivity (Wildman–Crippen MR) is 70.5 cm³/mol. The lowest BCUT2D eigenvalue weighted by Crippen LogP contribution is -2.57. The third-order valence-corrected chi connectivity index (χ3v) is 3.59. The van der Waals surface area contributed by atoms with Gasteiger partial charge in [-0.1, -0.05) is 20.8 Å². The first kappa shape index (κ1) is 14.1. The van der Waals surface area contributed by atoms with E-state index in [4.69, 9.17) is 6.42 Å². The second kappa shape index (κ2) is 6.07. The third kappa shape index (κ3) is 3.74. The molecule has 2 N–H and O–H groups in total. The average molecular weight is 236 g/mol. The van der Waals surface area contributed by atoms with Crippen LogP contribution in [0.3, 0.4) is 0 Å². The van der Waals surface area contributed by atoms with Crippen molar-refractivity contribution in [2.75, 3.05) is 6.54 Å². The number of rotatable bonds is 4. The van der Waals surface area contributed by atoms with E-state index in [1.54, 1.807) is 0 Å². The monoisotopic (exact) mass is 236 g/mol. The number of carbonyl (C=O) groups excluding carboxylic acids is 1. The zero-order valence-electron chi connectivity index (χ0n) is 11.2. The maximum atomic E-state index is 12.2. The van der Waals surface area contributed by atoms with E-state index < -0.39 is 0 Å². The highest BCUT2D eigenvalue weighted by atomic mass is 16.2. The molecule has 3 nitrogen and oxygen atoms in total. The summed E-state index contributed by atoms with van der Waals surface area (Å²) in [7, 11) is 0. The van der Waals surface area contributed by atoms with Crippen molar-refractivity contribution < 1.29 is 4.79 Å². The number of hydrogen-bond donors (Lipinski definition) is 2. The van der Waals surface area contributed by atoms with Crippen LogP contribution < -0.4 is 10.6 Å². The minimum absolute atomic E-state index is 0.0246. The van der Waals surface area contributed by atoms with Crippen molar-refractivity contribution in [2.45, 2.75) is 58.5 Å². The van der Waals surface area contributed by atoms with E-state index in [-0.39, 0.29) is 23.4 Å². The van der Waals surface area contributed by atoms with Gasteiger partial charge >= 0.3 is 0 Å². The van der Waals surface area contributed by atoms with Crippen molar-refractivity contribution in [1.82, 2.24) is 10.6 Å². The number of terminal acetylenes is 1. The molecule has 1 aliphatic rings. The third-order valence-electron chi connectivity index (χ3n) is 3.59. The lowest BCUT2D eigenvalue weighted by Gasteiger charge is -2.38. The Balaban J connectivity index is 2.59. The molecule has 17 heavy (non-hydrogen) atoms. The van der Waals surface area contributed by atoms with E-state index >= 15 is 0 Å². The highest BCUT2D eigenvalue weighted by Crippen LogP contribution is 2.30. The molecule has 0 bridgehead atoms. The summed E-state index contributed by atoms with van der Waals surface area (Å²) >= 11 is 0. The molecule has 3 heteroatoms. The Hall–Kier alpha value is -1.01. The van der Waals surface area contributed by atoms with Crippen molar-refractivity contribution in [3.05, 3.63) is 0 Å². The van der Waals surface area contributed by atoms with Crippen LogP contribution in [0.4, 0.5) is 0 Å². The van der Waals surface area contributed by atoms with Gasteiger partial charge in [-0.05, 0) is 31.2 Å². The average Bonchev–Trinajstić information content (AvgIpc) is 2.27. The molecule has 2 atom stereocenters. The molecule has 0 aliphatic carbocycles. The fraction of sp³-hybridized carbons (Fsp3) is 0.786. The van der Waals surface area contributed by atoms with Gasteiger partial charge in [-0.2, -0.15) is 0 Å². The fourth-order valence-electron chi connectivity index (χ4n) is 2.38. The summed E-state index contributed by atoms with van der Waals surface area (Å²) in [6, 6.07) is 0.00935. The lowest BCUT2D eigenvalue weighted by atomic mass is 9.77. The number of nitrogens with one attached hydrogen (secondary N) is 2. The molecule has 0 spiro atoms. The summed E-state index contributed by atoms with van der Waals surface area (Å²) in [6.07, 6.45) is 9.00. The highest BCUT2D eigenvalue weighted by molar-refractivity contribution is 5.83. The van der Waals surface area contributed by atoms with Crippen molar-refractivity contribution >= 4 is 5.91 Å². The van der Waals surface area contributed by atoms with E-state index in [2.05, 4.69) is 30.4 Å². The van der Waals surface area contributed by atoms with E-state index in [9.17, 15) is 4.79 Å². The van der Waals surface area contributed by atoms with Crippen LogP contribution in [0.25, 0.3) is 0 Å². The molecular weight excluding hydrogens is 212 g/mol. The molecule has 1 aliphatic heterocycles. The largest absolute Gasteiger partial charge is 0.351 e. The molecule has 1 fully saturated rings. The molecule has 1 rings (SSSR count). The molecule has 0 aromatic heterocycles. The quantitative estimate of drug-likeness (QED) is 0.729. The Kier molecular flexibility index (Phi) is 5.02. The van der Waals surface area contributed by atoms with Crippen LogP contribution in [-0.4, -0.2) is 24.5 Å². The van der Waals surface area contributed by atoms with Gasteiger partial charge in [0.2, 0.25) is 5.91 Å². The Morgan fingerprint density at radius 3 is 2.88 bits per heavy atom. The minimum Gasteiger partial charge on any atom is -0.351 e. The number of hydrogen-bond acceptors (Lipinski definition) is 2. The lowest BCUT2D eigenvalue weighted by molar-refractivity contribution is -0.127. The second-order valence-electron chi connectivity index (χ2n) is 5.50. The van der Waals surface area contributed by atoms with Gasteiger partial charge in [0.15, 0.2) is 0 Å². The molecule has 0 aromatic carbocycles. The number of piperidine rings is 1. The Morgan fingerprint density at radius 2 is 2.35 bits per heavy atom. The Morgan fingerprint density at radius 1 is 1.65 bits per heavy atom. The standard InChI is InChI=1S/C14H24N2O/c1-5-8-11(6-2)16-13(17)12-14(3,4)9-7-10-15-12/h1,11-12,15H,6-10H2,2-4H3,(H,16,17). The molecule has 0 aromatic rings. The van der Waals surface area contributed by atoms with Gasteiger partial charge in [0, 0.05) is 12.5 Å². The van der Waals surface area contributed by atoms with Crippen LogP contribution in [0.1, 0.15) is 46.5 Å². The van der Waals surface area contributed by atoms with Gasteiger partial charge < -0.3 is 10.6 Å². The highest BCUT2D eigenvalue weighted by Gasteiger charge is 2.37. The van der Waals surface area contributed by atoms with Gasteiger partial charge in [-0.15, -0.1) is 12.3 Å². The molecule has 1 amide bonds. The molecule has 1 saturated heterocycles. The number of amides is 1. The predicted octanol–water partition coefficient (Wildman–Crippen LogP) is 1.68. The second-order valence-corrected chi connectivity index (χ2v) is 5.50. The Labute approximate surface area is 105 Å². The van der Waals surface area contributed by atoms with E-state index in [0.717, 1.165) is 25.8 Å². The van der Waals surface area contributed by atoms with E-state index in [1.165, 1.54) is 0 Å². The van der Waals surface area contributed by atoms with Crippen molar-refractivity contribution in [2.24, 2.45) is 5.41 Å². The smallest absolute Gasteiger partial charge is 0.237 e. The summed E-state index contributed by atoms with van der Waals surface area (Å²) < 4.78 is 0. The molecular formula is C14H24N2O. The van der Waals surface area contributed by atoms with Crippen LogP contribution in [-0.2, 0) is 4.79 Å².